The summed E-state index contributed by atoms with van der Waals surface area (Å²) < 4.78 is 0. The van der Waals surface area contributed by atoms with Gasteiger partial charge in [0, 0.05) is 0 Å². The first-order valence-electron chi connectivity index (χ1n) is 7.13. The Kier molecular flexibility index (Phi) is 5.35. The zero-order valence-electron chi connectivity index (χ0n) is 12.1. The predicted octanol–water partition coefficient (Wildman–Crippen LogP) is 1.51. The summed E-state index contributed by atoms with van der Waals surface area (Å²) in [6.45, 7) is 5.82. The van der Waals surface area contributed by atoms with Crippen LogP contribution in [0.4, 0.5) is 0 Å². The number of rotatable bonds is 5. The summed E-state index contributed by atoms with van der Waals surface area (Å²) in [5, 5.41) is 12.2. The lowest BCUT2D eigenvalue weighted by Crippen LogP contribution is -2.60. The molecule has 0 aromatic rings. The van der Waals surface area contributed by atoms with E-state index in [9.17, 15) is 14.7 Å². The Morgan fingerprint density at radius 2 is 1.89 bits per heavy atom. The third-order valence-corrected chi connectivity index (χ3v) is 4.33. The minimum atomic E-state index is -1.12. The van der Waals surface area contributed by atoms with Gasteiger partial charge in [0.1, 0.15) is 5.54 Å². The molecule has 110 valence electrons. The molecule has 5 heteroatoms. The maximum Gasteiger partial charge on any atom is 0.329 e. The molecular weight excluding hydrogens is 244 g/mol. The fourth-order valence-corrected chi connectivity index (χ4v) is 2.59. The quantitative estimate of drug-likeness (QED) is 0.706. The smallest absolute Gasteiger partial charge is 0.329 e. The Morgan fingerprint density at radius 3 is 2.26 bits per heavy atom. The van der Waals surface area contributed by atoms with Gasteiger partial charge in [-0.25, -0.2) is 4.79 Å². The molecule has 0 unspecified atom stereocenters. The van der Waals surface area contributed by atoms with E-state index in [1.165, 1.54) is 0 Å². The van der Waals surface area contributed by atoms with Gasteiger partial charge in [-0.3, -0.25) is 4.79 Å². The van der Waals surface area contributed by atoms with Crippen LogP contribution in [0.1, 0.15) is 52.9 Å². The Bertz CT molecular complexity index is 334. The van der Waals surface area contributed by atoms with Crippen LogP contribution in [0.25, 0.3) is 0 Å². The number of carbonyl (C=O) groups excluding carboxylic acids is 1. The molecule has 19 heavy (non-hydrogen) atoms. The van der Waals surface area contributed by atoms with E-state index >= 15 is 0 Å². The van der Waals surface area contributed by atoms with Crippen LogP contribution in [0.3, 0.4) is 0 Å². The van der Waals surface area contributed by atoms with Crippen molar-refractivity contribution in [2.45, 2.75) is 64.5 Å². The molecule has 1 aliphatic carbocycles. The lowest BCUT2D eigenvalue weighted by molar-refractivity contribution is -0.150. The molecule has 0 radical (unpaired) electrons. The van der Waals surface area contributed by atoms with Crippen LogP contribution in [0, 0.1) is 11.8 Å². The molecule has 0 aromatic heterocycles. The molecule has 4 N–H and O–H groups in total. The molecule has 0 aliphatic heterocycles. The molecule has 1 amide bonds. The summed E-state index contributed by atoms with van der Waals surface area (Å²) in [7, 11) is 0. The van der Waals surface area contributed by atoms with Crippen molar-refractivity contribution in [3.8, 4) is 0 Å². The van der Waals surface area contributed by atoms with E-state index in [1.807, 2.05) is 13.8 Å². The van der Waals surface area contributed by atoms with Gasteiger partial charge < -0.3 is 16.2 Å². The van der Waals surface area contributed by atoms with Crippen LogP contribution >= 0.6 is 0 Å². The number of nitrogens with one attached hydrogen (secondary N) is 1. The van der Waals surface area contributed by atoms with E-state index in [2.05, 4.69) is 12.2 Å². The summed E-state index contributed by atoms with van der Waals surface area (Å²) in [6, 6.07) is -0.653. The van der Waals surface area contributed by atoms with Crippen LogP contribution in [0.2, 0.25) is 0 Å². The molecule has 5 nitrogen and oxygen atoms in total. The second-order valence-corrected chi connectivity index (χ2v) is 6.00. The van der Waals surface area contributed by atoms with E-state index in [1.54, 1.807) is 0 Å². The van der Waals surface area contributed by atoms with Gasteiger partial charge in [0.15, 0.2) is 0 Å². The summed E-state index contributed by atoms with van der Waals surface area (Å²) in [6.07, 6.45) is 3.75. The number of carboxylic acid groups (broad SMARTS) is 1. The summed E-state index contributed by atoms with van der Waals surface area (Å²) >= 11 is 0. The van der Waals surface area contributed by atoms with Crippen LogP contribution in [-0.4, -0.2) is 28.6 Å². The highest BCUT2D eigenvalue weighted by molar-refractivity contribution is 5.89. The molecule has 0 bridgehead atoms. The average Bonchev–Trinajstić information content (AvgIpc) is 2.38. The number of aliphatic carboxylic acids is 1. The number of amides is 1. The monoisotopic (exact) mass is 270 g/mol. The SMILES string of the molecule is CCC1CCC(NC(=O)[C@@H](N)C(C)C)(C(=O)O)CC1. The minimum absolute atomic E-state index is 0.00201. The molecule has 1 fully saturated rings. The molecule has 0 spiro atoms. The molecular formula is C14H26N2O3. The first-order chi connectivity index (χ1) is 8.82. The fourth-order valence-electron chi connectivity index (χ4n) is 2.59. The van der Waals surface area contributed by atoms with Crippen molar-refractivity contribution < 1.29 is 14.7 Å². The van der Waals surface area contributed by atoms with E-state index < -0.39 is 17.6 Å². The van der Waals surface area contributed by atoms with Gasteiger partial charge in [-0.2, -0.15) is 0 Å². The van der Waals surface area contributed by atoms with Crippen molar-refractivity contribution in [3.63, 3.8) is 0 Å². The van der Waals surface area contributed by atoms with Gasteiger partial charge in [0.2, 0.25) is 5.91 Å². The molecule has 0 saturated heterocycles. The number of hydrogen-bond acceptors (Lipinski definition) is 3. The first kappa shape index (κ1) is 16.0. The Labute approximate surface area is 114 Å². The zero-order valence-corrected chi connectivity index (χ0v) is 12.1. The normalized spacial score (nSPS) is 29.0. The summed E-state index contributed by atoms with van der Waals surface area (Å²) in [5.74, 6) is -0.723. The van der Waals surface area contributed by atoms with Crippen LogP contribution in [0.5, 0.6) is 0 Å². The zero-order chi connectivity index (χ0) is 14.6. The summed E-state index contributed by atoms with van der Waals surface area (Å²) in [4.78, 5) is 23.6. The number of carboxylic acids is 1. The van der Waals surface area contributed by atoms with Crippen LogP contribution < -0.4 is 11.1 Å². The highest BCUT2D eigenvalue weighted by atomic mass is 16.4. The lowest BCUT2D eigenvalue weighted by atomic mass is 9.75. The Balaban J connectivity index is 2.74. The van der Waals surface area contributed by atoms with Crippen molar-refractivity contribution in [1.82, 2.24) is 5.32 Å². The predicted molar refractivity (Wildman–Crippen MR) is 73.6 cm³/mol. The third-order valence-electron chi connectivity index (χ3n) is 4.33. The largest absolute Gasteiger partial charge is 0.480 e. The molecule has 0 aromatic carbocycles. The number of hydrogen-bond donors (Lipinski definition) is 3. The first-order valence-corrected chi connectivity index (χ1v) is 7.13. The van der Waals surface area contributed by atoms with Gasteiger partial charge in [-0.05, 0) is 37.5 Å². The van der Waals surface area contributed by atoms with E-state index in [-0.39, 0.29) is 11.8 Å². The average molecular weight is 270 g/mol. The minimum Gasteiger partial charge on any atom is -0.480 e. The van der Waals surface area contributed by atoms with Crippen molar-refractivity contribution in [3.05, 3.63) is 0 Å². The molecule has 0 heterocycles. The lowest BCUT2D eigenvalue weighted by Gasteiger charge is -2.38. The van der Waals surface area contributed by atoms with Crippen molar-refractivity contribution in [1.29, 1.82) is 0 Å². The topological polar surface area (TPSA) is 92.4 Å². The van der Waals surface area contributed by atoms with E-state index in [4.69, 9.17) is 5.73 Å². The van der Waals surface area contributed by atoms with Gasteiger partial charge in [-0.15, -0.1) is 0 Å². The van der Waals surface area contributed by atoms with Gasteiger partial charge in [0.05, 0.1) is 6.04 Å². The van der Waals surface area contributed by atoms with Crippen molar-refractivity contribution >= 4 is 11.9 Å². The van der Waals surface area contributed by atoms with E-state index in [0.29, 0.717) is 18.8 Å². The molecule has 1 rings (SSSR count). The maximum absolute atomic E-state index is 12.0. The van der Waals surface area contributed by atoms with E-state index in [0.717, 1.165) is 19.3 Å². The maximum atomic E-state index is 12.0. The van der Waals surface area contributed by atoms with Crippen molar-refractivity contribution in [2.75, 3.05) is 0 Å². The second kappa shape index (κ2) is 6.37. The highest BCUT2D eigenvalue weighted by Gasteiger charge is 2.43. The Morgan fingerprint density at radius 1 is 1.37 bits per heavy atom. The van der Waals surface area contributed by atoms with Crippen LogP contribution in [0.15, 0.2) is 0 Å². The number of nitrogens with two attached hydrogens (primary N) is 1. The summed E-state index contributed by atoms with van der Waals surface area (Å²) in [5.41, 5.74) is 4.67. The molecule has 1 aliphatic rings. The van der Waals surface area contributed by atoms with Crippen LogP contribution in [-0.2, 0) is 9.59 Å². The molecule has 1 atom stereocenters. The third kappa shape index (κ3) is 3.69. The van der Waals surface area contributed by atoms with Crippen molar-refractivity contribution in [2.24, 2.45) is 17.6 Å². The standard InChI is InChI=1S/C14H26N2O3/c1-4-10-5-7-14(8-6-10,13(18)19)16-12(17)11(15)9(2)3/h9-11H,4-8,15H2,1-3H3,(H,16,17)(H,18,19)/t10?,11-,14?/m0/s1. The second-order valence-electron chi connectivity index (χ2n) is 6.00. The molecule has 1 saturated carbocycles. The Hall–Kier alpha value is -1.10. The van der Waals surface area contributed by atoms with Gasteiger partial charge in [-0.1, -0.05) is 27.2 Å². The van der Waals surface area contributed by atoms with Gasteiger partial charge in [0.25, 0.3) is 0 Å². The number of carbonyl (C=O) groups is 2. The van der Waals surface area contributed by atoms with Gasteiger partial charge >= 0.3 is 5.97 Å². The fraction of sp³-hybridized carbons (Fsp3) is 0.857. The highest BCUT2D eigenvalue weighted by Crippen LogP contribution is 2.34.